The maximum absolute atomic E-state index is 10.0. The summed E-state index contributed by atoms with van der Waals surface area (Å²) in [6.45, 7) is 0.837. The van der Waals surface area contributed by atoms with Crippen molar-refractivity contribution in [3.8, 4) is 22.9 Å². The monoisotopic (exact) mass is 289 g/mol. The highest BCUT2D eigenvalue weighted by Gasteiger charge is 2.08. The maximum Gasteiger partial charge on any atom is 0.166 e. The number of hydrogen-bond acceptors (Lipinski definition) is 6. The van der Waals surface area contributed by atoms with Gasteiger partial charge in [-0.2, -0.15) is 0 Å². The third-order valence-electron chi connectivity index (χ3n) is 3.02. The zero-order valence-corrected chi connectivity index (χ0v) is 11.8. The van der Waals surface area contributed by atoms with Crippen molar-refractivity contribution in [2.45, 2.75) is 25.7 Å². The number of aromatic nitrogens is 3. The van der Waals surface area contributed by atoms with Gasteiger partial charge in [0.1, 0.15) is 24.2 Å². The fourth-order valence-corrected chi connectivity index (χ4v) is 1.93. The van der Waals surface area contributed by atoms with Crippen LogP contribution in [0.25, 0.3) is 11.4 Å². The van der Waals surface area contributed by atoms with Gasteiger partial charge < -0.3 is 14.9 Å². The van der Waals surface area contributed by atoms with E-state index < -0.39 is 0 Å². The summed E-state index contributed by atoms with van der Waals surface area (Å²) < 4.78 is 5.58. The zero-order valence-electron chi connectivity index (χ0n) is 11.8. The highest BCUT2D eigenvalue weighted by molar-refractivity contribution is 5.64. The van der Waals surface area contributed by atoms with Crippen LogP contribution in [-0.2, 0) is 0 Å². The molecule has 0 aliphatic carbocycles. The lowest BCUT2D eigenvalue weighted by Crippen LogP contribution is -1.98. The Kier molecular flexibility index (Phi) is 5.90. The van der Waals surface area contributed by atoms with Crippen molar-refractivity contribution in [3.63, 3.8) is 0 Å². The van der Waals surface area contributed by atoms with E-state index in [1.165, 1.54) is 12.7 Å². The molecule has 21 heavy (non-hydrogen) atoms. The highest BCUT2D eigenvalue weighted by atomic mass is 16.5. The van der Waals surface area contributed by atoms with Crippen LogP contribution < -0.4 is 4.74 Å². The Morgan fingerprint density at radius 2 is 1.76 bits per heavy atom. The summed E-state index contributed by atoms with van der Waals surface area (Å²) in [5.74, 6) is 1.13. The van der Waals surface area contributed by atoms with Gasteiger partial charge in [0.05, 0.1) is 12.2 Å². The number of rotatable bonds is 8. The fraction of sp³-hybridized carbons (Fsp3) is 0.400. The first-order chi connectivity index (χ1) is 10.3. The number of aliphatic hydroxyl groups excluding tert-OH is 1. The van der Waals surface area contributed by atoms with Crippen molar-refractivity contribution >= 4 is 0 Å². The molecule has 0 aliphatic rings. The normalized spacial score (nSPS) is 10.5. The average Bonchev–Trinajstić information content (AvgIpc) is 2.52. The molecule has 0 saturated heterocycles. The largest absolute Gasteiger partial charge is 0.507 e. The Hall–Kier alpha value is -2.21. The number of phenolic OH excluding ortho intramolecular Hbond substituents is 1. The van der Waals surface area contributed by atoms with Gasteiger partial charge in [-0.05, 0) is 31.4 Å². The molecule has 0 atom stereocenters. The van der Waals surface area contributed by atoms with Gasteiger partial charge >= 0.3 is 0 Å². The Bertz CT molecular complexity index is 549. The fourth-order valence-electron chi connectivity index (χ4n) is 1.93. The molecule has 2 N–H and O–H groups in total. The number of benzene rings is 1. The molecule has 1 heterocycles. The van der Waals surface area contributed by atoms with E-state index in [-0.39, 0.29) is 12.4 Å². The summed E-state index contributed by atoms with van der Waals surface area (Å²) in [7, 11) is 0. The van der Waals surface area contributed by atoms with E-state index in [1.54, 1.807) is 18.2 Å². The smallest absolute Gasteiger partial charge is 0.166 e. The second-order valence-electron chi connectivity index (χ2n) is 4.63. The van der Waals surface area contributed by atoms with E-state index in [0.717, 1.165) is 25.7 Å². The van der Waals surface area contributed by atoms with Crippen molar-refractivity contribution in [2.24, 2.45) is 0 Å². The van der Waals surface area contributed by atoms with Gasteiger partial charge in [-0.15, -0.1) is 0 Å². The average molecular weight is 289 g/mol. The summed E-state index contributed by atoms with van der Waals surface area (Å²) in [5, 5.41) is 18.7. The molecule has 0 saturated carbocycles. The summed E-state index contributed by atoms with van der Waals surface area (Å²) in [4.78, 5) is 11.7. The highest BCUT2D eigenvalue weighted by Crippen LogP contribution is 2.29. The van der Waals surface area contributed by atoms with E-state index in [4.69, 9.17) is 9.84 Å². The molecule has 0 fully saturated rings. The molecule has 6 nitrogen and oxygen atoms in total. The van der Waals surface area contributed by atoms with Crippen LogP contribution in [0, 0.1) is 0 Å². The quantitative estimate of drug-likeness (QED) is 0.724. The van der Waals surface area contributed by atoms with Gasteiger partial charge in [0.25, 0.3) is 0 Å². The lowest BCUT2D eigenvalue weighted by atomic mass is 10.2. The van der Waals surface area contributed by atoms with Crippen LogP contribution in [0.4, 0.5) is 0 Å². The molecule has 1 aromatic heterocycles. The first kappa shape index (κ1) is 15.2. The van der Waals surface area contributed by atoms with Gasteiger partial charge in [0, 0.05) is 12.7 Å². The van der Waals surface area contributed by atoms with Crippen molar-refractivity contribution in [1.29, 1.82) is 0 Å². The molecule has 0 amide bonds. The minimum absolute atomic E-state index is 0.0824. The van der Waals surface area contributed by atoms with E-state index in [9.17, 15) is 5.11 Å². The Morgan fingerprint density at radius 1 is 1.00 bits per heavy atom. The van der Waals surface area contributed by atoms with Gasteiger partial charge in [0.2, 0.25) is 0 Å². The summed E-state index contributed by atoms with van der Waals surface area (Å²) in [5.41, 5.74) is 0.549. The molecule has 0 aliphatic heterocycles. The summed E-state index contributed by atoms with van der Waals surface area (Å²) >= 11 is 0. The lowest BCUT2D eigenvalue weighted by molar-refractivity contribution is 0.273. The van der Waals surface area contributed by atoms with Gasteiger partial charge in [-0.1, -0.05) is 6.42 Å². The standard InChI is InChI=1S/C15H19N3O3/c19-7-3-1-2-4-8-21-12-5-6-13(14(20)9-12)15-17-10-16-11-18-15/h5-6,9-11,19-20H,1-4,7-8H2. The van der Waals surface area contributed by atoms with Gasteiger partial charge in [0.15, 0.2) is 5.82 Å². The van der Waals surface area contributed by atoms with Crippen molar-refractivity contribution in [2.75, 3.05) is 13.2 Å². The van der Waals surface area contributed by atoms with E-state index in [2.05, 4.69) is 15.0 Å². The molecule has 0 bridgehead atoms. The molecule has 112 valence electrons. The second kappa shape index (κ2) is 8.16. The summed E-state index contributed by atoms with van der Waals surface area (Å²) in [6, 6.07) is 5.07. The molecule has 0 radical (unpaired) electrons. The number of phenols is 1. The van der Waals surface area contributed by atoms with E-state index >= 15 is 0 Å². The van der Waals surface area contributed by atoms with Crippen LogP contribution in [0.2, 0.25) is 0 Å². The molecule has 1 aromatic carbocycles. The predicted octanol–water partition coefficient (Wildman–Crippen LogP) is 2.18. The van der Waals surface area contributed by atoms with Crippen LogP contribution in [0.3, 0.4) is 0 Å². The van der Waals surface area contributed by atoms with E-state index in [0.29, 0.717) is 23.7 Å². The Morgan fingerprint density at radius 3 is 2.48 bits per heavy atom. The first-order valence-electron chi connectivity index (χ1n) is 7.00. The van der Waals surface area contributed by atoms with Crippen LogP contribution in [0.1, 0.15) is 25.7 Å². The SMILES string of the molecule is OCCCCCCOc1ccc(-c2ncncn2)c(O)c1. The number of nitrogens with zero attached hydrogens (tertiary/aromatic N) is 3. The molecule has 2 rings (SSSR count). The van der Waals surface area contributed by atoms with Crippen LogP contribution >= 0.6 is 0 Å². The molecule has 2 aromatic rings. The molecule has 0 spiro atoms. The van der Waals surface area contributed by atoms with Crippen LogP contribution in [0.15, 0.2) is 30.9 Å². The number of unbranched alkanes of at least 4 members (excludes halogenated alkanes) is 3. The molecular formula is C15H19N3O3. The zero-order chi connectivity index (χ0) is 14.9. The predicted molar refractivity (Wildman–Crippen MR) is 78.0 cm³/mol. The minimum atomic E-state index is 0.0824. The lowest BCUT2D eigenvalue weighted by Gasteiger charge is -2.08. The second-order valence-corrected chi connectivity index (χ2v) is 4.63. The van der Waals surface area contributed by atoms with Gasteiger partial charge in [-0.3, -0.25) is 0 Å². The van der Waals surface area contributed by atoms with Crippen LogP contribution in [-0.4, -0.2) is 38.4 Å². The third-order valence-corrected chi connectivity index (χ3v) is 3.02. The van der Waals surface area contributed by atoms with Gasteiger partial charge in [-0.25, -0.2) is 15.0 Å². The number of hydrogen-bond donors (Lipinski definition) is 2. The Balaban J connectivity index is 1.88. The van der Waals surface area contributed by atoms with Crippen LogP contribution in [0.5, 0.6) is 11.5 Å². The summed E-state index contributed by atoms with van der Waals surface area (Å²) in [6.07, 6.45) is 6.56. The van der Waals surface area contributed by atoms with Crippen molar-refractivity contribution in [1.82, 2.24) is 15.0 Å². The number of aromatic hydroxyl groups is 1. The number of ether oxygens (including phenoxy) is 1. The Labute approximate surface area is 123 Å². The topological polar surface area (TPSA) is 88.4 Å². The molecule has 0 unspecified atom stereocenters. The van der Waals surface area contributed by atoms with E-state index in [1.807, 2.05) is 0 Å². The third kappa shape index (κ3) is 4.68. The van der Waals surface area contributed by atoms with Crippen molar-refractivity contribution in [3.05, 3.63) is 30.9 Å². The maximum atomic E-state index is 10.0. The molecular weight excluding hydrogens is 270 g/mol. The minimum Gasteiger partial charge on any atom is -0.507 e. The number of aliphatic hydroxyl groups is 1. The first-order valence-corrected chi connectivity index (χ1v) is 7.00. The molecule has 6 heteroatoms. The van der Waals surface area contributed by atoms with Crippen molar-refractivity contribution < 1.29 is 14.9 Å².